The molecule has 92 valence electrons. The number of anilines is 1. The van der Waals surface area contributed by atoms with Gasteiger partial charge in [0.2, 0.25) is 11.9 Å². The van der Waals surface area contributed by atoms with Gasteiger partial charge in [-0.05, 0) is 19.9 Å². The Balaban J connectivity index is 2.44. The molecule has 0 aromatic carbocycles. The third-order valence-corrected chi connectivity index (χ3v) is 3.20. The highest BCUT2D eigenvalue weighted by Crippen LogP contribution is 2.24. The zero-order valence-corrected chi connectivity index (χ0v) is 10.3. The first-order valence-electron chi connectivity index (χ1n) is 4.86. The van der Waals surface area contributed by atoms with Gasteiger partial charge in [0.1, 0.15) is 4.75 Å². The quantitative estimate of drug-likeness (QED) is 0.815. The molecular weight excluding hydrogens is 242 g/mol. The van der Waals surface area contributed by atoms with Crippen molar-refractivity contribution in [3.63, 3.8) is 0 Å². The molecule has 1 aromatic heterocycles. The molecule has 0 radical (unpaired) electrons. The molecule has 0 bridgehead atoms. The summed E-state index contributed by atoms with van der Waals surface area (Å²) >= 11 is 1.05. The molecule has 0 atom stereocenters. The number of carbonyl (C=O) groups is 2. The Morgan fingerprint density at radius 3 is 2.53 bits per heavy atom. The van der Waals surface area contributed by atoms with Crippen LogP contribution in [0.25, 0.3) is 0 Å². The van der Waals surface area contributed by atoms with Gasteiger partial charge < -0.3 is 5.11 Å². The average molecular weight is 255 g/mol. The van der Waals surface area contributed by atoms with Crippen molar-refractivity contribution in [1.82, 2.24) is 9.97 Å². The van der Waals surface area contributed by atoms with Crippen LogP contribution in [0.15, 0.2) is 18.5 Å². The second kappa shape index (κ2) is 5.62. The molecule has 0 aliphatic rings. The molecule has 0 aliphatic carbocycles. The number of carbonyl (C=O) groups excluding carboxylic acids is 1. The second-order valence-corrected chi connectivity index (χ2v) is 5.32. The number of amides is 1. The Morgan fingerprint density at radius 1 is 1.41 bits per heavy atom. The Hall–Kier alpha value is -1.63. The van der Waals surface area contributed by atoms with Gasteiger partial charge in [-0.1, -0.05) is 0 Å². The highest BCUT2D eigenvalue weighted by atomic mass is 32.2. The van der Waals surface area contributed by atoms with Crippen LogP contribution in [-0.4, -0.2) is 37.5 Å². The molecule has 1 aromatic rings. The highest BCUT2D eigenvalue weighted by molar-refractivity contribution is 8.02. The third kappa shape index (κ3) is 4.39. The van der Waals surface area contributed by atoms with Crippen molar-refractivity contribution in [2.24, 2.45) is 0 Å². The van der Waals surface area contributed by atoms with Gasteiger partial charge in [-0.15, -0.1) is 11.8 Å². The van der Waals surface area contributed by atoms with Crippen molar-refractivity contribution in [3.8, 4) is 0 Å². The maximum Gasteiger partial charge on any atom is 0.319 e. The van der Waals surface area contributed by atoms with Gasteiger partial charge in [0.05, 0.1) is 5.75 Å². The molecule has 2 N–H and O–H groups in total. The lowest BCUT2D eigenvalue weighted by atomic mass is 10.2. The minimum atomic E-state index is -0.991. The fraction of sp³-hybridized carbons (Fsp3) is 0.400. The summed E-state index contributed by atoms with van der Waals surface area (Å²) in [7, 11) is 0. The first-order valence-corrected chi connectivity index (χ1v) is 5.84. The van der Waals surface area contributed by atoms with Crippen molar-refractivity contribution >= 4 is 29.6 Å². The van der Waals surface area contributed by atoms with Crippen LogP contribution >= 0.6 is 11.8 Å². The van der Waals surface area contributed by atoms with E-state index in [1.807, 2.05) is 0 Å². The summed E-state index contributed by atoms with van der Waals surface area (Å²) in [5, 5.41) is 11.3. The maximum absolute atomic E-state index is 11.5. The van der Waals surface area contributed by atoms with Gasteiger partial charge in [-0.2, -0.15) is 0 Å². The van der Waals surface area contributed by atoms with Crippen LogP contribution in [0.1, 0.15) is 13.8 Å². The minimum Gasteiger partial charge on any atom is -0.480 e. The molecule has 6 nitrogen and oxygen atoms in total. The average Bonchev–Trinajstić information content (AvgIpc) is 2.28. The van der Waals surface area contributed by atoms with Crippen LogP contribution in [0.3, 0.4) is 0 Å². The van der Waals surface area contributed by atoms with Crippen molar-refractivity contribution in [2.45, 2.75) is 18.6 Å². The molecule has 0 saturated heterocycles. The highest BCUT2D eigenvalue weighted by Gasteiger charge is 2.28. The first-order chi connectivity index (χ1) is 7.92. The summed E-state index contributed by atoms with van der Waals surface area (Å²) < 4.78 is -0.991. The largest absolute Gasteiger partial charge is 0.480 e. The molecule has 0 aliphatic heterocycles. The number of aromatic nitrogens is 2. The lowest BCUT2D eigenvalue weighted by Gasteiger charge is -2.17. The number of thioether (sulfide) groups is 1. The summed E-state index contributed by atoms with van der Waals surface area (Å²) in [6.45, 7) is 3.10. The summed E-state index contributed by atoms with van der Waals surface area (Å²) in [6, 6.07) is 1.64. The van der Waals surface area contributed by atoms with Crippen LogP contribution in [0.4, 0.5) is 5.95 Å². The number of carboxylic acids is 1. The smallest absolute Gasteiger partial charge is 0.319 e. The van der Waals surface area contributed by atoms with E-state index in [1.165, 1.54) is 12.4 Å². The van der Waals surface area contributed by atoms with Crippen LogP contribution in [0, 0.1) is 0 Å². The number of aliphatic carboxylic acids is 1. The van der Waals surface area contributed by atoms with Crippen LogP contribution in [-0.2, 0) is 9.59 Å². The Bertz CT molecular complexity index is 409. The molecule has 7 heteroatoms. The van der Waals surface area contributed by atoms with Gasteiger partial charge >= 0.3 is 5.97 Å². The standard InChI is InChI=1S/C10H13N3O3S/c1-10(2,8(15)16)17-6-7(14)13-9-11-4-3-5-12-9/h3-5H,6H2,1-2H3,(H,15,16)(H,11,12,13,14). The van der Waals surface area contributed by atoms with Crippen molar-refractivity contribution in [3.05, 3.63) is 18.5 Å². The molecule has 17 heavy (non-hydrogen) atoms. The topological polar surface area (TPSA) is 92.2 Å². The van der Waals surface area contributed by atoms with E-state index in [-0.39, 0.29) is 17.6 Å². The zero-order valence-electron chi connectivity index (χ0n) is 9.51. The van der Waals surface area contributed by atoms with E-state index in [2.05, 4.69) is 15.3 Å². The number of rotatable bonds is 5. The molecule has 0 unspecified atom stereocenters. The molecule has 1 rings (SSSR count). The molecule has 0 saturated carbocycles. The number of nitrogens with one attached hydrogen (secondary N) is 1. The van der Waals surface area contributed by atoms with E-state index in [9.17, 15) is 9.59 Å². The predicted molar refractivity (Wildman–Crippen MR) is 64.8 cm³/mol. The zero-order chi connectivity index (χ0) is 12.9. The summed E-state index contributed by atoms with van der Waals surface area (Å²) in [6.07, 6.45) is 3.02. The van der Waals surface area contributed by atoms with Gasteiger partial charge in [0.25, 0.3) is 0 Å². The van der Waals surface area contributed by atoms with Crippen molar-refractivity contribution < 1.29 is 14.7 Å². The summed E-state index contributed by atoms with van der Waals surface area (Å²) in [5.41, 5.74) is 0. The van der Waals surface area contributed by atoms with Gasteiger partial charge in [-0.25, -0.2) is 9.97 Å². The van der Waals surface area contributed by atoms with E-state index >= 15 is 0 Å². The molecule has 0 fully saturated rings. The fourth-order valence-electron chi connectivity index (χ4n) is 0.832. The normalized spacial score (nSPS) is 10.9. The maximum atomic E-state index is 11.5. The van der Waals surface area contributed by atoms with E-state index in [1.54, 1.807) is 19.9 Å². The Morgan fingerprint density at radius 2 is 2.00 bits per heavy atom. The number of nitrogens with zero attached hydrogens (tertiary/aromatic N) is 2. The van der Waals surface area contributed by atoms with Crippen LogP contribution < -0.4 is 5.32 Å². The lowest BCUT2D eigenvalue weighted by molar-refractivity contribution is -0.138. The van der Waals surface area contributed by atoms with Crippen molar-refractivity contribution in [2.75, 3.05) is 11.1 Å². The van der Waals surface area contributed by atoms with Gasteiger partial charge in [0, 0.05) is 12.4 Å². The number of carboxylic acid groups (broad SMARTS) is 1. The number of hydrogen-bond acceptors (Lipinski definition) is 5. The minimum absolute atomic E-state index is 0.0392. The lowest BCUT2D eigenvalue weighted by Crippen LogP contribution is -2.30. The number of hydrogen-bond donors (Lipinski definition) is 2. The van der Waals surface area contributed by atoms with E-state index in [0.29, 0.717) is 0 Å². The van der Waals surface area contributed by atoms with E-state index in [0.717, 1.165) is 11.8 Å². The monoisotopic (exact) mass is 255 g/mol. The van der Waals surface area contributed by atoms with Crippen molar-refractivity contribution in [1.29, 1.82) is 0 Å². The Labute approximate surface area is 103 Å². The van der Waals surface area contributed by atoms with E-state index in [4.69, 9.17) is 5.11 Å². The van der Waals surface area contributed by atoms with E-state index < -0.39 is 10.7 Å². The van der Waals surface area contributed by atoms with Crippen LogP contribution in [0.5, 0.6) is 0 Å². The van der Waals surface area contributed by atoms with Gasteiger partial charge in [0.15, 0.2) is 0 Å². The van der Waals surface area contributed by atoms with Crippen LogP contribution in [0.2, 0.25) is 0 Å². The summed E-state index contributed by atoms with van der Waals surface area (Å²) in [5.74, 6) is -1.02. The summed E-state index contributed by atoms with van der Waals surface area (Å²) in [4.78, 5) is 30.0. The molecule has 1 amide bonds. The second-order valence-electron chi connectivity index (χ2n) is 3.72. The molecular formula is C10H13N3O3S. The third-order valence-electron chi connectivity index (χ3n) is 1.90. The van der Waals surface area contributed by atoms with Gasteiger partial charge in [-0.3, -0.25) is 14.9 Å². The SMILES string of the molecule is CC(C)(SCC(=O)Nc1ncccn1)C(=O)O. The Kier molecular flexibility index (Phi) is 4.45. The molecule has 0 spiro atoms. The fourth-order valence-corrected chi connectivity index (χ4v) is 1.52. The molecule has 1 heterocycles. The predicted octanol–water partition coefficient (Wildman–Crippen LogP) is 1.01. The first kappa shape index (κ1) is 13.4.